The number of esters is 1. The molecule has 2 aromatic heterocycles. The minimum absolute atomic E-state index is 0.00331. The number of pyridine rings is 2. The van der Waals surface area contributed by atoms with Crippen LogP contribution in [0.15, 0.2) is 71.7 Å². The fourth-order valence-corrected chi connectivity index (χ4v) is 5.23. The summed E-state index contributed by atoms with van der Waals surface area (Å²) < 4.78 is 63.6. The molecule has 0 aliphatic carbocycles. The van der Waals surface area contributed by atoms with Crippen molar-refractivity contribution in [3.05, 3.63) is 106 Å². The van der Waals surface area contributed by atoms with Crippen LogP contribution in [0.5, 0.6) is 0 Å². The van der Waals surface area contributed by atoms with E-state index in [0.29, 0.717) is 48.8 Å². The molecule has 0 atom stereocenters. The summed E-state index contributed by atoms with van der Waals surface area (Å²) >= 11 is 0. The van der Waals surface area contributed by atoms with Gasteiger partial charge in [-0.3, -0.25) is 9.36 Å². The van der Waals surface area contributed by atoms with Crippen molar-refractivity contribution in [3.63, 3.8) is 0 Å². The number of ether oxygens (including phenoxy) is 1. The molecule has 0 N–H and O–H groups in total. The number of hydrogen-bond acceptors (Lipinski definition) is 6. The summed E-state index contributed by atoms with van der Waals surface area (Å²) in [6, 6.07) is 13.3. The summed E-state index contributed by atoms with van der Waals surface area (Å²) in [6.07, 6.45) is 1.12. The van der Waals surface area contributed by atoms with Crippen molar-refractivity contribution < 1.29 is 27.1 Å². The highest BCUT2D eigenvalue weighted by Gasteiger charge is 2.23. The Bertz CT molecular complexity index is 1900. The van der Waals surface area contributed by atoms with Gasteiger partial charge in [-0.1, -0.05) is 0 Å². The summed E-state index contributed by atoms with van der Waals surface area (Å²) in [7, 11) is 0. The smallest absolute Gasteiger partial charge is 0.343 e. The van der Waals surface area contributed by atoms with E-state index in [2.05, 4.69) is 9.88 Å². The van der Waals surface area contributed by atoms with Crippen LogP contribution in [-0.4, -0.2) is 48.3 Å². The van der Waals surface area contributed by atoms with E-state index in [1.165, 1.54) is 34.9 Å². The molecule has 7 nitrogen and oxygen atoms in total. The first-order chi connectivity index (χ1) is 20.2. The first-order valence-corrected chi connectivity index (χ1v) is 13.3. The second-order valence-corrected chi connectivity index (χ2v) is 9.86. The predicted molar refractivity (Wildman–Crippen MR) is 152 cm³/mol. The van der Waals surface area contributed by atoms with Crippen molar-refractivity contribution in [2.75, 3.05) is 42.6 Å². The van der Waals surface area contributed by atoms with Crippen LogP contribution >= 0.6 is 0 Å². The maximum absolute atomic E-state index is 15.4. The Morgan fingerprint density at radius 3 is 2.19 bits per heavy atom. The Balaban J connectivity index is 1.44. The van der Waals surface area contributed by atoms with Gasteiger partial charge in [0.25, 0.3) is 0 Å². The molecule has 1 aliphatic heterocycles. The van der Waals surface area contributed by atoms with Gasteiger partial charge in [-0.05, 0) is 61.5 Å². The Morgan fingerprint density at radius 2 is 1.50 bits per heavy atom. The average molecular weight is 577 g/mol. The molecule has 0 bridgehead atoms. The minimum atomic E-state index is -0.935. The number of hydrogen-bond donors (Lipinski definition) is 0. The van der Waals surface area contributed by atoms with Gasteiger partial charge in [0.1, 0.15) is 34.5 Å². The molecule has 1 saturated heterocycles. The van der Waals surface area contributed by atoms with Gasteiger partial charge in [0.05, 0.1) is 28.9 Å². The van der Waals surface area contributed by atoms with Crippen LogP contribution in [0.1, 0.15) is 17.3 Å². The summed E-state index contributed by atoms with van der Waals surface area (Å²) in [5.74, 6) is -3.49. The van der Waals surface area contributed by atoms with Crippen LogP contribution < -0.4 is 15.2 Å². The van der Waals surface area contributed by atoms with Gasteiger partial charge in [0.15, 0.2) is 0 Å². The average Bonchev–Trinajstić information content (AvgIpc) is 2.97. The van der Waals surface area contributed by atoms with Crippen LogP contribution in [0.25, 0.3) is 27.6 Å². The van der Waals surface area contributed by atoms with E-state index in [1.54, 1.807) is 25.1 Å². The lowest BCUT2D eigenvalue weighted by molar-refractivity contribution is 0.0524. The Hall–Kier alpha value is -4.93. The van der Waals surface area contributed by atoms with E-state index in [1.807, 2.05) is 4.90 Å². The topological polar surface area (TPSA) is 67.7 Å². The van der Waals surface area contributed by atoms with E-state index in [9.17, 15) is 22.8 Å². The largest absolute Gasteiger partial charge is 0.462 e. The van der Waals surface area contributed by atoms with Gasteiger partial charge >= 0.3 is 5.97 Å². The molecule has 11 heteroatoms. The second-order valence-electron chi connectivity index (χ2n) is 9.86. The quantitative estimate of drug-likeness (QED) is 0.154. The zero-order valence-electron chi connectivity index (χ0n) is 22.4. The van der Waals surface area contributed by atoms with Crippen molar-refractivity contribution in [3.8, 4) is 5.69 Å². The third kappa shape index (κ3) is 4.91. The highest BCUT2D eigenvalue weighted by molar-refractivity contribution is 5.98. The molecule has 0 spiro atoms. The molecule has 0 saturated carbocycles. The zero-order valence-corrected chi connectivity index (χ0v) is 22.4. The first kappa shape index (κ1) is 27.3. The van der Waals surface area contributed by atoms with Gasteiger partial charge in [-0.25, -0.2) is 27.3 Å². The van der Waals surface area contributed by atoms with Crippen molar-refractivity contribution in [1.29, 1.82) is 0 Å². The van der Waals surface area contributed by atoms with E-state index in [4.69, 9.17) is 4.74 Å². The van der Waals surface area contributed by atoms with Crippen LogP contribution in [0.2, 0.25) is 0 Å². The summed E-state index contributed by atoms with van der Waals surface area (Å²) in [6.45, 7) is 3.71. The number of rotatable bonds is 5. The summed E-state index contributed by atoms with van der Waals surface area (Å²) in [5.41, 5.74) is 0.292. The molecule has 214 valence electrons. The van der Waals surface area contributed by atoms with Crippen LogP contribution in [0.3, 0.4) is 0 Å². The molecule has 5 aromatic rings. The van der Waals surface area contributed by atoms with Crippen molar-refractivity contribution >= 4 is 39.3 Å². The zero-order chi connectivity index (χ0) is 29.5. The van der Waals surface area contributed by atoms with Crippen molar-refractivity contribution in [1.82, 2.24) is 9.55 Å². The van der Waals surface area contributed by atoms with Crippen LogP contribution in [-0.2, 0) is 4.74 Å². The van der Waals surface area contributed by atoms with Crippen LogP contribution in [0.4, 0.5) is 28.9 Å². The number of fused-ring (bicyclic) bond motifs is 2. The van der Waals surface area contributed by atoms with Gasteiger partial charge in [-0.15, -0.1) is 0 Å². The fraction of sp³-hybridized carbons (Fsp3) is 0.194. The number of piperazine rings is 1. The van der Waals surface area contributed by atoms with Gasteiger partial charge < -0.3 is 14.5 Å². The highest BCUT2D eigenvalue weighted by Crippen LogP contribution is 2.30. The Labute approximate surface area is 237 Å². The predicted octanol–water partition coefficient (Wildman–Crippen LogP) is 5.60. The number of carbonyl (C=O) groups excluding carboxylic acids is 1. The molecular weight excluding hydrogens is 552 g/mol. The molecular formula is C31H24F4N4O3. The molecule has 1 fully saturated rings. The lowest BCUT2D eigenvalue weighted by Gasteiger charge is -2.37. The van der Waals surface area contributed by atoms with E-state index >= 15 is 4.39 Å². The number of halogens is 4. The van der Waals surface area contributed by atoms with E-state index in [0.717, 1.165) is 18.0 Å². The number of nitrogens with zero attached hydrogens (tertiary/aromatic N) is 4. The first-order valence-electron chi connectivity index (χ1n) is 13.3. The Morgan fingerprint density at radius 1 is 0.833 bits per heavy atom. The molecule has 3 heterocycles. The maximum Gasteiger partial charge on any atom is 0.343 e. The number of aromatic nitrogens is 2. The van der Waals surface area contributed by atoms with Crippen molar-refractivity contribution in [2.45, 2.75) is 6.92 Å². The summed E-state index contributed by atoms with van der Waals surface area (Å²) in [4.78, 5) is 34.5. The van der Waals surface area contributed by atoms with E-state index in [-0.39, 0.29) is 34.7 Å². The third-order valence-corrected chi connectivity index (χ3v) is 7.32. The molecule has 0 unspecified atom stereocenters. The number of carbonyl (C=O) groups is 1. The second kappa shape index (κ2) is 10.8. The van der Waals surface area contributed by atoms with E-state index < -0.39 is 28.8 Å². The lowest BCUT2D eigenvalue weighted by atomic mass is 10.1. The minimum Gasteiger partial charge on any atom is -0.462 e. The third-order valence-electron chi connectivity index (χ3n) is 7.32. The molecule has 6 rings (SSSR count). The molecule has 1 aliphatic rings. The monoisotopic (exact) mass is 576 g/mol. The normalized spacial score (nSPS) is 13.6. The number of benzene rings is 3. The van der Waals surface area contributed by atoms with Crippen LogP contribution in [0, 0.1) is 23.3 Å². The lowest BCUT2D eigenvalue weighted by Crippen LogP contribution is -2.46. The maximum atomic E-state index is 15.4. The molecule has 42 heavy (non-hydrogen) atoms. The van der Waals surface area contributed by atoms with Gasteiger partial charge in [-0.2, -0.15) is 0 Å². The molecule has 0 amide bonds. The molecule has 3 aromatic carbocycles. The van der Waals surface area contributed by atoms with Gasteiger partial charge in [0, 0.05) is 49.5 Å². The van der Waals surface area contributed by atoms with Crippen molar-refractivity contribution in [2.24, 2.45) is 0 Å². The molecule has 0 radical (unpaired) electrons. The standard InChI is InChI=1S/C31H24F4N4O3/c1-2-42-31(41)23-17-39(27-8-5-20(33)15-25(27)35)30-22(29(23)40)13-18-14-24(34)28(16-26(18)36-30)38-11-9-37(10-12-38)21-6-3-19(32)4-7-21/h3-8,13-17H,2,9-12H2,1H3. The highest BCUT2D eigenvalue weighted by atomic mass is 19.1. The van der Waals surface area contributed by atoms with Gasteiger partial charge in [0.2, 0.25) is 5.43 Å². The number of anilines is 2. The summed E-state index contributed by atoms with van der Waals surface area (Å²) in [5, 5.41) is 0.245. The SMILES string of the molecule is CCOC(=O)c1cn(-c2ccc(F)cc2F)c2nc3cc(N4CCN(c5ccc(F)cc5)CC4)c(F)cc3cc2c1=O. The Kier molecular flexibility index (Phi) is 7.01. The fourth-order valence-electron chi connectivity index (χ4n) is 5.23.